The Hall–Kier alpha value is -3.31. The SMILES string of the molecule is Cc1ccc(OCC(=O)Nc2ccc(NC(=O)c3ccccc3Cl)cc2)cc1. The summed E-state index contributed by atoms with van der Waals surface area (Å²) < 4.78 is 5.45. The lowest BCUT2D eigenvalue weighted by Gasteiger charge is -2.09. The molecule has 0 radical (unpaired) electrons. The Balaban J connectivity index is 1.52. The first-order valence-electron chi connectivity index (χ1n) is 8.66. The molecule has 0 heterocycles. The summed E-state index contributed by atoms with van der Waals surface area (Å²) in [4.78, 5) is 24.3. The fourth-order valence-corrected chi connectivity index (χ4v) is 2.68. The van der Waals surface area contributed by atoms with Crippen LogP contribution in [-0.4, -0.2) is 18.4 Å². The molecule has 0 atom stereocenters. The Bertz CT molecular complexity index is 970. The number of ether oxygens (including phenoxy) is 1. The molecule has 0 aliphatic heterocycles. The lowest BCUT2D eigenvalue weighted by Crippen LogP contribution is -2.20. The van der Waals surface area contributed by atoms with E-state index >= 15 is 0 Å². The maximum Gasteiger partial charge on any atom is 0.262 e. The first-order valence-corrected chi connectivity index (χ1v) is 9.04. The molecule has 0 saturated heterocycles. The number of rotatable bonds is 6. The second-order valence-corrected chi connectivity index (χ2v) is 6.57. The van der Waals surface area contributed by atoms with E-state index in [4.69, 9.17) is 16.3 Å². The predicted octanol–water partition coefficient (Wildman–Crippen LogP) is 4.92. The van der Waals surface area contributed by atoms with Gasteiger partial charge in [0.05, 0.1) is 10.6 Å². The van der Waals surface area contributed by atoms with Crippen molar-refractivity contribution in [1.82, 2.24) is 0 Å². The molecule has 3 rings (SSSR count). The molecular formula is C22H19ClN2O3. The van der Waals surface area contributed by atoms with E-state index in [0.717, 1.165) is 5.56 Å². The molecule has 3 aromatic rings. The molecule has 0 aliphatic carbocycles. The number of benzene rings is 3. The van der Waals surface area contributed by atoms with E-state index < -0.39 is 0 Å². The van der Waals surface area contributed by atoms with Gasteiger partial charge in [-0.1, -0.05) is 41.4 Å². The number of anilines is 2. The first-order chi connectivity index (χ1) is 13.5. The van der Waals surface area contributed by atoms with E-state index in [-0.39, 0.29) is 18.4 Å². The smallest absolute Gasteiger partial charge is 0.262 e. The standard InChI is InChI=1S/C22H19ClN2O3/c1-15-6-12-18(13-7-15)28-14-21(26)24-16-8-10-17(11-9-16)25-22(27)19-4-2-3-5-20(19)23/h2-13H,14H2,1H3,(H,24,26)(H,25,27). The second-order valence-electron chi connectivity index (χ2n) is 6.16. The largest absolute Gasteiger partial charge is 0.484 e. The number of nitrogens with one attached hydrogen (secondary N) is 2. The number of hydrogen-bond acceptors (Lipinski definition) is 3. The molecule has 0 aliphatic rings. The van der Waals surface area contributed by atoms with E-state index in [1.54, 1.807) is 48.5 Å². The van der Waals surface area contributed by atoms with Gasteiger partial charge in [0.2, 0.25) is 0 Å². The minimum atomic E-state index is -0.297. The summed E-state index contributed by atoms with van der Waals surface area (Å²) >= 11 is 6.03. The Labute approximate surface area is 168 Å². The Kier molecular flexibility index (Phi) is 6.29. The summed E-state index contributed by atoms with van der Waals surface area (Å²) in [6, 6.07) is 21.1. The summed E-state index contributed by atoms with van der Waals surface area (Å²) in [7, 11) is 0. The molecule has 0 bridgehead atoms. The zero-order valence-electron chi connectivity index (χ0n) is 15.2. The Morgan fingerprint density at radius 3 is 2.11 bits per heavy atom. The minimum absolute atomic E-state index is 0.0892. The number of carbonyl (C=O) groups excluding carboxylic acids is 2. The normalized spacial score (nSPS) is 10.2. The molecule has 5 nitrogen and oxygen atoms in total. The van der Waals surface area contributed by atoms with E-state index in [0.29, 0.717) is 27.7 Å². The molecule has 0 spiro atoms. The highest BCUT2D eigenvalue weighted by Gasteiger charge is 2.10. The van der Waals surface area contributed by atoms with Crippen LogP contribution in [0, 0.1) is 6.92 Å². The predicted molar refractivity (Wildman–Crippen MR) is 111 cm³/mol. The van der Waals surface area contributed by atoms with Gasteiger partial charge in [-0.05, 0) is 55.5 Å². The van der Waals surface area contributed by atoms with E-state index in [1.807, 2.05) is 31.2 Å². The number of hydrogen-bond donors (Lipinski definition) is 2. The minimum Gasteiger partial charge on any atom is -0.484 e. The lowest BCUT2D eigenvalue weighted by atomic mass is 10.2. The summed E-state index contributed by atoms with van der Waals surface area (Å²) in [5, 5.41) is 5.90. The van der Waals surface area contributed by atoms with Crippen molar-refractivity contribution in [2.45, 2.75) is 6.92 Å². The average molecular weight is 395 g/mol. The number of aryl methyl sites for hydroxylation is 1. The third-order valence-corrected chi connectivity index (χ3v) is 4.27. The van der Waals surface area contributed by atoms with Crippen LogP contribution in [0.15, 0.2) is 72.8 Å². The lowest BCUT2D eigenvalue weighted by molar-refractivity contribution is -0.118. The van der Waals surface area contributed by atoms with Crippen molar-refractivity contribution in [2.75, 3.05) is 17.2 Å². The Morgan fingerprint density at radius 1 is 0.857 bits per heavy atom. The molecule has 2 N–H and O–H groups in total. The third kappa shape index (κ3) is 5.34. The van der Waals surface area contributed by atoms with Crippen LogP contribution in [0.3, 0.4) is 0 Å². The van der Waals surface area contributed by atoms with Crippen molar-refractivity contribution in [1.29, 1.82) is 0 Å². The molecular weight excluding hydrogens is 376 g/mol. The van der Waals surface area contributed by atoms with Gasteiger partial charge in [0.15, 0.2) is 6.61 Å². The van der Waals surface area contributed by atoms with Gasteiger partial charge in [0, 0.05) is 11.4 Å². The van der Waals surface area contributed by atoms with Gasteiger partial charge in [-0.25, -0.2) is 0 Å². The maximum atomic E-state index is 12.3. The van der Waals surface area contributed by atoms with Crippen LogP contribution >= 0.6 is 11.6 Å². The fourth-order valence-electron chi connectivity index (χ4n) is 2.46. The van der Waals surface area contributed by atoms with Crippen molar-refractivity contribution in [3.8, 4) is 5.75 Å². The summed E-state index contributed by atoms with van der Waals surface area (Å²) in [6.45, 7) is 1.89. The van der Waals surface area contributed by atoms with Crippen LogP contribution < -0.4 is 15.4 Å². The molecule has 0 fully saturated rings. The molecule has 6 heteroatoms. The summed E-state index contributed by atoms with van der Waals surface area (Å²) in [6.07, 6.45) is 0. The fraction of sp³-hybridized carbons (Fsp3) is 0.0909. The van der Waals surface area contributed by atoms with Crippen LogP contribution in [0.1, 0.15) is 15.9 Å². The molecule has 28 heavy (non-hydrogen) atoms. The van der Waals surface area contributed by atoms with Crippen molar-refractivity contribution in [3.05, 3.63) is 88.9 Å². The Morgan fingerprint density at radius 2 is 1.46 bits per heavy atom. The van der Waals surface area contributed by atoms with E-state index in [9.17, 15) is 9.59 Å². The van der Waals surface area contributed by atoms with E-state index in [1.165, 1.54) is 0 Å². The average Bonchev–Trinajstić information content (AvgIpc) is 2.69. The monoisotopic (exact) mass is 394 g/mol. The van der Waals surface area contributed by atoms with Gasteiger partial charge in [-0.15, -0.1) is 0 Å². The molecule has 3 aromatic carbocycles. The van der Waals surface area contributed by atoms with Gasteiger partial charge in [-0.2, -0.15) is 0 Å². The second kappa shape index (κ2) is 9.06. The van der Waals surface area contributed by atoms with Crippen molar-refractivity contribution in [3.63, 3.8) is 0 Å². The summed E-state index contributed by atoms with van der Waals surface area (Å²) in [5.41, 5.74) is 2.72. The quantitative estimate of drug-likeness (QED) is 0.623. The highest BCUT2D eigenvalue weighted by atomic mass is 35.5. The molecule has 0 unspecified atom stereocenters. The zero-order valence-corrected chi connectivity index (χ0v) is 16.0. The molecule has 0 saturated carbocycles. The zero-order chi connectivity index (χ0) is 19.9. The van der Waals surface area contributed by atoms with Crippen LogP contribution in [0.5, 0.6) is 5.75 Å². The topological polar surface area (TPSA) is 67.4 Å². The molecule has 142 valence electrons. The highest BCUT2D eigenvalue weighted by Crippen LogP contribution is 2.19. The van der Waals surface area contributed by atoms with Gasteiger partial charge in [0.25, 0.3) is 11.8 Å². The molecule has 2 amide bonds. The highest BCUT2D eigenvalue weighted by molar-refractivity contribution is 6.34. The summed E-state index contributed by atoms with van der Waals surface area (Å²) in [5.74, 6) is 0.0701. The van der Waals surface area contributed by atoms with Crippen molar-refractivity contribution >= 4 is 34.8 Å². The van der Waals surface area contributed by atoms with Crippen molar-refractivity contribution in [2.24, 2.45) is 0 Å². The van der Waals surface area contributed by atoms with Gasteiger partial charge in [0.1, 0.15) is 5.75 Å². The number of amides is 2. The van der Waals surface area contributed by atoms with Crippen LogP contribution in [-0.2, 0) is 4.79 Å². The molecule has 0 aromatic heterocycles. The van der Waals surface area contributed by atoms with E-state index in [2.05, 4.69) is 10.6 Å². The van der Waals surface area contributed by atoms with Gasteiger partial charge in [-0.3, -0.25) is 9.59 Å². The van der Waals surface area contributed by atoms with Gasteiger partial charge < -0.3 is 15.4 Å². The number of carbonyl (C=O) groups is 2. The van der Waals surface area contributed by atoms with Gasteiger partial charge >= 0.3 is 0 Å². The van der Waals surface area contributed by atoms with Crippen molar-refractivity contribution < 1.29 is 14.3 Å². The van der Waals surface area contributed by atoms with Crippen LogP contribution in [0.2, 0.25) is 5.02 Å². The van der Waals surface area contributed by atoms with Crippen LogP contribution in [0.25, 0.3) is 0 Å². The first kappa shape index (κ1) is 19.5. The maximum absolute atomic E-state index is 12.3. The number of halogens is 1. The van der Waals surface area contributed by atoms with Crippen LogP contribution in [0.4, 0.5) is 11.4 Å². The third-order valence-electron chi connectivity index (χ3n) is 3.94.